The fourth-order valence-electron chi connectivity index (χ4n) is 2.46. The lowest BCUT2D eigenvalue weighted by atomic mass is 10.2. The van der Waals surface area contributed by atoms with Crippen LogP contribution in [0.2, 0.25) is 0 Å². The first kappa shape index (κ1) is 12.9. The Hall–Kier alpha value is -2.10. The monoisotopic (exact) mass is 269 g/mol. The predicted octanol–water partition coefficient (Wildman–Crippen LogP) is 2.53. The van der Waals surface area contributed by atoms with Gasteiger partial charge >= 0.3 is 0 Å². The van der Waals surface area contributed by atoms with Crippen molar-refractivity contribution in [3.8, 4) is 0 Å². The van der Waals surface area contributed by atoms with Gasteiger partial charge in [0.15, 0.2) is 0 Å². The summed E-state index contributed by atoms with van der Waals surface area (Å²) in [5, 5.41) is 4.07. The van der Waals surface area contributed by atoms with Crippen LogP contribution in [-0.4, -0.2) is 15.6 Å². The van der Waals surface area contributed by atoms with E-state index in [0.29, 0.717) is 11.4 Å². The fourth-order valence-corrected chi connectivity index (χ4v) is 2.46. The SMILES string of the molecule is CCC(C)N/C=C1\CCn2c1nc1ccccc1c2=O. The van der Waals surface area contributed by atoms with Gasteiger partial charge in [0.1, 0.15) is 5.82 Å². The maximum atomic E-state index is 12.4. The largest absolute Gasteiger partial charge is 0.388 e. The summed E-state index contributed by atoms with van der Waals surface area (Å²) in [6.45, 7) is 5.02. The molecule has 1 aromatic heterocycles. The van der Waals surface area contributed by atoms with E-state index in [4.69, 9.17) is 0 Å². The van der Waals surface area contributed by atoms with Gasteiger partial charge in [0, 0.05) is 24.4 Å². The van der Waals surface area contributed by atoms with Crippen LogP contribution in [0.5, 0.6) is 0 Å². The Labute approximate surface area is 118 Å². The molecule has 20 heavy (non-hydrogen) atoms. The molecule has 0 fully saturated rings. The lowest BCUT2D eigenvalue weighted by molar-refractivity contribution is 0.619. The zero-order valence-corrected chi connectivity index (χ0v) is 11.9. The molecule has 2 aromatic rings. The molecule has 1 unspecified atom stereocenters. The normalized spacial score (nSPS) is 17.4. The first-order chi connectivity index (χ1) is 9.70. The predicted molar refractivity (Wildman–Crippen MR) is 81.5 cm³/mol. The topological polar surface area (TPSA) is 46.9 Å². The second-order valence-electron chi connectivity index (χ2n) is 5.30. The maximum absolute atomic E-state index is 12.4. The third-order valence-electron chi connectivity index (χ3n) is 3.91. The molecule has 1 aliphatic heterocycles. The molecule has 3 rings (SSSR count). The highest BCUT2D eigenvalue weighted by Crippen LogP contribution is 2.24. The molecular formula is C16H19N3O. The highest BCUT2D eigenvalue weighted by atomic mass is 16.1. The first-order valence-corrected chi connectivity index (χ1v) is 7.15. The highest BCUT2D eigenvalue weighted by molar-refractivity contribution is 5.79. The molecule has 1 N–H and O–H groups in total. The van der Waals surface area contributed by atoms with Gasteiger partial charge in [-0.05, 0) is 31.9 Å². The third-order valence-corrected chi connectivity index (χ3v) is 3.91. The van der Waals surface area contributed by atoms with Crippen LogP contribution >= 0.6 is 0 Å². The van der Waals surface area contributed by atoms with E-state index in [1.54, 1.807) is 4.57 Å². The Morgan fingerprint density at radius 2 is 2.25 bits per heavy atom. The van der Waals surface area contributed by atoms with E-state index >= 15 is 0 Å². The quantitative estimate of drug-likeness (QED) is 0.931. The molecule has 0 radical (unpaired) electrons. The van der Waals surface area contributed by atoms with E-state index in [1.165, 1.54) is 0 Å². The molecule has 2 heterocycles. The molecule has 0 bridgehead atoms. The average Bonchev–Trinajstić information content (AvgIpc) is 2.88. The minimum atomic E-state index is 0.0672. The maximum Gasteiger partial charge on any atom is 0.261 e. The summed E-state index contributed by atoms with van der Waals surface area (Å²) in [6, 6.07) is 7.98. The number of allylic oxidation sites excluding steroid dienone is 1. The van der Waals surface area contributed by atoms with Gasteiger partial charge in [0.25, 0.3) is 5.56 Å². The van der Waals surface area contributed by atoms with Crippen LogP contribution in [0.3, 0.4) is 0 Å². The molecular weight excluding hydrogens is 250 g/mol. The summed E-state index contributed by atoms with van der Waals surface area (Å²) in [4.78, 5) is 17.1. The smallest absolute Gasteiger partial charge is 0.261 e. The van der Waals surface area contributed by atoms with Crippen molar-refractivity contribution in [1.82, 2.24) is 14.9 Å². The minimum Gasteiger partial charge on any atom is -0.388 e. The molecule has 0 aliphatic carbocycles. The van der Waals surface area contributed by atoms with Gasteiger partial charge in [-0.25, -0.2) is 4.98 Å². The number of para-hydroxylation sites is 1. The van der Waals surface area contributed by atoms with Crippen molar-refractivity contribution in [2.45, 2.75) is 39.3 Å². The fraction of sp³-hybridized carbons (Fsp3) is 0.375. The molecule has 1 atom stereocenters. The van der Waals surface area contributed by atoms with Gasteiger partial charge in [-0.2, -0.15) is 0 Å². The van der Waals surface area contributed by atoms with E-state index in [9.17, 15) is 4.79 Å². The van der Waals surface area contributed by atoms with Crippen LogP contribution in [0, 0.1) is 0 Å². The number of nitrogens with zero attached hydrogens (tertiary/aromatic N) is 2. The number of hydrogen-bond acceptors (Lipinski definition) is 3. The lowest BCUT2D eigenvalue weighted by Crippen LogP contribution is -2.21. The summed E-state index contributed by atoms with van der Waals surface area (Å²) < 4.78 is 1.78. The number of rotatable bonds is 3. The third kappa shape index (κ3) is 2.11. The van der Waals surface area contributed by atoms with Crippen molar-refractivity contribution >= 4 is 16.5 Å². The van der Waals surface area contributed by atoms with Crippen LogP contribution in [0.25, 0.3) is 16.5 Å². The Kier molecular flexibility index (Phi) is 3.30. The average molecular weight is 269 g/mol. The van der Waals surface area contributed by atoms with Gasteiger partial charge in [0.2, 0.25) is 0 Å². The Bertz CT molecular complexity index is 730. The summed E-state index contributed by atoms with van der Waals surface area (Å²) in [5.74, 6) is 0.810. The molecule has 0 saturated carbocycles. The van der Waals surface area contributed by atoms with Crippen LogP contribution in [0.4, 0.5) is 0 Å². The number of benzene rings is 1. The van der Waals surface area contributed by atoms with Crippen molar-refractivity contribution in [1.29, 1.82) is 0 Å². The summed E-state index contributed by atoms with van der Waals surface area (Å²) in [7, 11) is 0. The van der Waals surface area contributed by atoms with E-state index < -0.39 is 0 Å². The Morgan fingerprint density at radius 1 is 1.45 bits per heavy atom. The molecule has 0 amide bonds. The first-order valence-electron chi connectivity index (χ1n) is 7.15. The van der Waals surface area contributed by atoms with Gasteiger partial charge in [-0.1, -0.05) is 19.1 Å². The van der Waals surface area contributed by atoms with E-state index in [0.717, 1.165) is 36.3 Å². The van der Waals surface area contributed by atoms with E-state index in [-0.39, 0.29) is 5.56 Å². The number of hydrogen-bond donors (Lipinski definition) is 1. The second-order valence-corrected chi connectivity index (χ2v) is 5.30. The summed E-state index contributed by atoms with van der Waals surface area (Å²) in [6.07, 6.45) is 3.96. The van der Waals surface area contributed by atoms with Gasteiger partial charge < -0.3 is 5.32 Å². The number of fused-ring (bicyclic) bond motifs is 2. The zero-order chi connectivity index (χ0) is 14.1. The van der Waals surface area contributed by atoms with Crippen molar-refractivity contribution in [3.63, 3.8) is 0 Å². The van der Waals surface area contributed by atoms with Crippen molar-refractivity contribution < 1.29 is 0 Å². The van der Waals surface area contributed by atoms with Gasteiger partial charge in [-0.15, -0.1) is 0 Å². The van der Waals surface area contributed by atoms with Crippen LogP contribution < -0.4 is 10.9 Å². The Balaban J connectivity index is 2.08. The van der Waals surface area contributed by atoms with Crippen molar-refractivity contribution in [2.75, 3.05) is 0 Å². The second kappa shape index (κ2) is 5.12. The number of aromatic nitrogens is 2. The molecule has 4 nitrogen and oxygen atoms in total. The molecule has 0 spiro atoms. The summed E-state index contributed by atoms with van der Waals surface area (Å²) in [5.41, 5.74) is 1.96. The molecule has 104 valence electrons. The van der Waals surface area contributed by atoms with Crippen molar-refractivity contribution in [2.24, 2.45) is 0 Å². The van der Waals surface area contributed by atoms with Crippen LogP contribution in [-0.2, 0) is 6.54 Å². The van der Waals surface area contributed by atoms with Gasteiger partial charge in [-0.3, -0.25) is 9.36 Å². The highest BCUT2D eigenvalue weighted by Gasteiger charge is 2.20. The molecule has 0 saturated heterocycles. The van der Waals surface area contributed by atoms with Crippen LogP contribution in [0.15, 0.2) is 35.3 Å². The standard InChI is InChI=1S/C16H19N3O/c1-3-11(2)17-10-12-8-9-19-15(12)18-14-7-5-4-6-13(14)16(19)20/h4-7,10-11,17H,3,8-9H2,1-2H3/b12-10+. The molecule has 1 aliphatic rings. The van der Waals surface area contributed by atoms with E-state index in [2.05, 4.69) is 24.1 Å². The zero-order valence-electron chi connectivity index (χ0n) is 11.9. The molecule has 1 aromatic carbocycles. The van der Waals surface area contributed by atoms with E-state index in [1.807, 2.05) is 30.5 Å². The van der Waals surface area contributed by atoms with Crippen LogP contribution in [0.1, 0.15) is 32.5 Å². The number of nitrogens with one attached hydrogen (secondary N) is 1. The minimum absolute atomic E-state index is 0.0672. The Morgan fingerprint density at radius 3 is 3.05 bits per heavy atom. The van der Waals surface area contributed by atoms with Crippen molar-refractivity contribution in [3.05, 3.63) is 46.6 Å². The van der Waals surface area contributed by atoms with Gasteiger partial charge in [0.05, 0.1) is 10.9 Å². The lowest BCUT2D eigenvalue weighted by Gasteiger charge is -2.09. The summed E-state index contributed by atoms with van der Waals surface area (Å²) >= 11 is 0. The molecule has 4 heteroatoms.